The highest BCUT2D eigenvalue weighted by Crippen LogP contribution is 2.27. The van der Waals surface area contributed by atoms with E-state index in [1.165, 1.54) is 6.07 Å². The van der Waals surface area contributed by atoms with Crippen LogP contribution in [-0.2, 0) is 11.2 Å². The van der Waals surface area contributed by atoms with E-state index in [2.05, 4.69) is 4.74 Å². The van der Waals surface area contributed by atoms with Crippen molar-refractivity contribution in [3.05, 3.63) is 28.8 Å². The van der Waals surface area contributed by atoms with E-state index in [9.17, 15) is 18.0 Å². The zero-order valence-electron chi connectivity index (χ0n) is 9.97. The summed E-state index contributed by atoms with van der Waals surface area (Å²) in [6, 6.07) is 3.12. The van der Waals surface area contributed by atoms with Crippen LogP contribution >= 0.6 is 0 Å². The summed E-state index contributed by atoms with van der Waals surface area (Å²) in [4.78, 5) is 10.7. The van der Waals surface area contributed by atoms with Gasteiger partial charge in [-0.15, -0.1) is 0 Å². The lowest BCUT2D eigenvalue weighted by Crippen LogP contribution is -2.20. The highest BCUT2D eigenvalue weighted by molar-refractivity contribution is 5.72. The zero-order chi connectivity index (χ0) is 13.9. The first-order valence-electron chi connectivity index (χ1n) is 5.20. The molecule has 1 aromatic rings. The summed E-state index contributed by atoms with van der Waals surface area (Å²) in [6.45, 7) is 1.92. The average molecular weight is 262 g/mol. The summed E-state index contributed by atoms with van der Waals surface area (Å²) >= 11 is 0. The minimum Gasteiger partial charge on any atom is -0.484 e. The standard InChI is InChI=1S/C12H13F3O3/c1-7-3-8(2)9(5-11(16)17)10(4-7)18-6-12(13,14)15/h3-4H,5-6H2,1-2H3,(H,16,17). The number of ether oxygens (including phenoxy) is 1. The van der Waals surface area contributed by atoms with E-state index >= 15 is 0 Å². The Bertz CT molecular complexity index is 453. The van der Waals surface area contributed by atoms with Crippen LogP contribution in [0.5, 0.6) is 5.75 Å². The second-order valence-corrected chi connectivity index (χ2v) is 4.03. The number of halogens is 3. The Morgan fingerprint density at radius 1 is 1.33 bits per heavy atom. The molecule has 0 bridgehead atoms. The molecule has 6 heteroatoms. The molecule has 0 heterocycles. The molecule has 0 aliphatic carbocycles. The largest absolute Gasteiger partial charge is 0.484 e. The van der Waals surface area contributed by atoms with Crippen molar-refractivity contribution >= 4 is 5.97 Å². The average Bonchev–Trinajstić information content (AvgIpc) is 2.17. The molecule has 0 atom stereocenters. The van der Waals surface area contributed by atoms with Crippen LogP contribution in [0.2, 0.25) is 0 Å². The molecule has 1 aromatic carbocycles. The number of aliphatic carboxylic acids is 1. The Balaban J connectivity index is 3.03. The number of carboxylic acid groups (broad SMARTS) is 1. The molecule has 1 N–H and O–H groups in total. The van der Waals surface area contributed by atoms with Crippen LogP contribution in [0, 0.1) is 13.8 Å². The number of aryl methyl sites for hydroxylation is 2. The number of carbonyl (C=O) groups is 1. The van der Waals surface area contributed by atoms with Gasteiger partial charge in [-0.25, -0.2) is 0 Å². The summed E-state index contributed by atoms with van der Waals surface area (Å²) < 4.78 is 41.0. The number of carboxylic acids is 1. The van der Waals surface area contributed by atoms with Gasteiger partial charge in [0.05, 0.1) is 6.42 Å². The maximum absolute atomic E-state index is 12.1. The molecule has 1 rings (SSSR count). The summed E-state index contributed by atoms with van der Waals surface area (Å²) in [6.07, 6.45) is -4.81. The topological polar surface area (TPSA) is 46.5 Å². The van der Waals surface area contributed by atoms with Gasteiger partial charge in [0.2, 0.25) is 0 Å². The van der Waals surface area contributed by atoms with Crippen LogP contribution < -0.4 is 4.74 Å². The fourth-order valence-electron chi connectivity index (χ4n) is 1.62. The maximum Gasteiger partial charge on any atom is 0.422 e. The molecule has 0 spiro atoms. The summed E-state index contributed by atoms with van der Waals surface area (Å²) in [5.74, 6) is -1.13. The Kier molecular flexibility index (Phi) is 4.21. The Hall–Kier alpha value is -1.72. The molecular formula is C12H13F3O3. The first kappa shape index (κ1) is 14.3. The van der Waals surface area contributed by atoms with E-state index in [0.29, 0.717) is 5.56 Å². The minimum absolute atomic E-state index is 0.0211. The van der Waals surface area contributed by atoms with E-state index in [-0.39, 0.29) is 17.7 Å². The van der Waals surface area contributed by atoms with Gasteiger partial charge in [0, 0.05) is 5.56 Å². The highest BCUT2D eigenvalue weighted by atomic mass is 19.4. The van der Waals surface area contributed by atoms with E-state index in [4.69, 9.17) is 5.11 Å². The van der Waals surface area contributed by atoms with Crippen molar-refractivity contribution < 1.29 is 27.8 Å². The number of rotatable bonds is 4. The van der Waals surface area contributed by atoms with Crippen molar-refractivity contribution in [1.29, 1.82) is 0 Å². The highest BCUT2D eigenvalue weighted by Gasteiger charge is 2.29. The van der Waals surface area contributed by atoms with Crippen molar-refractivity contribution in [2.24, 2.45) is 0 Å². The molecule has 0 aliphatic rings. The lowest BCUT2D eigenvalue weighted by Gasteiger charge is -2.15. The first-order valence-corrected chi connectivity index (χ1v) is 5.20. The number of alkyl halides is 3. The van der Waals surface area contributed by atoms with Crippen LogP contribution in [-0.4, -0.2) is 23.9 Å². The Labute approximate surface area is 102 Å². The zero-order valence-corrected chi connectivity index (χ0v) is 9.97. The third-order valence-corrected chi connectivity index (χ3v) is 2.30. The second kappa shape index (κ2) is 5.29. The van der Waals surface area contributed by atoms with Crippen LogP contribution in [0.25, 0.3) is 0 Å². The van der Waals surface area contributed by atoms with Gasteiger partial charge in [0.25, 0.3) is 0 Å². The molecule has 3 nitrogen and oxygen atoms in total. The summed E-state index contributed by atoms with van der Waals surface area (Å²) in [7, 11) is 0. The SMILES string of the molecule is Cc1cc(C)c(CC(=O)O)c(OCC(F)(F)F)c1. The van der Waals surface area contributed by atoms with Gasteiger partial charge >= 0.3 is 12.1 Å². The molecule has 0 unspecified atom stereocenters. The van der Waals surface area contributed by atoms with Crippen molar-refractivity contribution in [3.63, 3.8) is 0 Å². The van der Waals surface area contributed by atoms with E-state index in [1.807, 2.05) is 0 Å². The Morgan fingerprint density at radius 2 is 1.94 bits per heavy atom. The summed E-state index contributed by atoms with van der Waals surface area (Å²) in [5.41, 5.74) is 1.60. The first-order chi connectivity index (χ1) is 8.19. The maximum atomic E-state index is 12.1. The Morgan fingerprint density at radius 3 is 2.44 bits per heavy atom. The fraction of sp³-hybridized carbons (Fsp3) is 0.417. The van der Waals surface area contributed by atoms with Gasteiger partial charge in [-0.05, 0) is 31.0 Å². The van der Waals surface area contributed by atoms with Crippen molar-refractivity contribution in [3.8, 4) is 5.75 Å². The van der Waals surface area contributed by atoms with Crippen LogP contribution in [0.1, 0.15) is 16.7 Å². The minimum atomic E-state index is -4.45. The lowest BCUT2D eigenvalue weighted by molar-refractivity contribution is -0.153. The van der Waals surface area contributed by atoms with Gasteiger partial charge in [-0.3, -0.25) is 4.79 Å². The molecule has 18 heavy (non-hydrogen) atoms. The van der Waals surface area contributed by atoms with Crippen LogP contribution in [0.15, 0.2) is 12.1 Å². The van der Waals surface area contributed by atoms with Crippen molar-refractivity contribution in [1.82, 2.24) is 0 Å². The van der Waals surface area contributed by atoms with Gasteiger partial charge in [-0.2, -0.15) is 13.2 Å². The molecule has 100 valence electrons. The number of hydrogen-bond acceptors (Lipinski definition) is 2. The van der Waals surface area contributed by atoms with Crippen LogP contribution in [0.4, 0.5) is 13.2 Å². The number of hydrogen-bond donors (Lipinski definition) is 1. The van der Waals surface area contributed by atoms with Crippen LogP contribution in [0.3, 0.4) is 0 Å². The molecule has 0 fully saturated rings. The molecule has 0 amide bonds. The quantitative estimate of drug-likeness (QED) is 0.907. The molecular weight excluding hydrogens is 249 g/mol. The van der Waals surface area contributed by atoms with Gasteiger partial charge < -0.3 is 9.84 Å². The summed E-state index contributed by atoms with van der Waals surface area (Å²) in [5, 5.41) is 8.74. The molecule has 0 radical (unpaired) electrons. The smallest absolute Gasteiger partial charge is 0.422 e. The fourth-order valence-corrected chi connectivity index (χ4v) is 1.62. The molecule has 0 saturated carbocycles. The van der Waals surface area contributed by atoms with Gasteiger partial charge in [-0.1, -0.05) is 6.07 Å². The normalized spacial score (nSPS) is 11.4. The second-order valence-electron chi connectivity index (χ2n) is 4.03. The number of benzene rings is 1. The van der Waals surface area contributed by atoms with E-state index in [1.54, 1.807) is 19.9 Å². The van der Waals surface area contributed by atoms with E-state index in [0.717, 1.165) is 5.56 Å². The van der Waals surface area contributed by atoms with Crippen molar-refractivity contribution in [2.75, 3.05) is 6.61 Å². The van der Waals surface area contributed by atoms with E-state index < -0.39 is 18.8 Å². The molecule has 0 aromatic heterocycles. The predicted octanol–water partition coefficient (Wildman–Crippen LogP) is 2.87. The third-order valence-electron chi connectivity index (χ3n) is 2.30. The molecule has 0 aliphatic heterocycles. The monoisotopic (exact) mass is 262 g/mol. The molecule has 0 saturated heterocycles. The third kappa shape index (κ3) is 4.27. The van der Waals surface area contributed by atoms with Gasteiger partial charge in [0.15, 0.2) is 6.61 Å². The lowest BCUT2D eigenvalue weighted by atomic mass is 10.0. The van der Waals surface area contributed by atoms with Crippen molar-refractivity contribution in [2.45, 2.75) is 26.4 Å². The predicted molar refractivity (Wildman–Crippen MR) is 58.8 cm³/mol. The van der Waals surface area contributed by atoms with Gasteiger partial charge in [0.1, 0.15) is 5.75 Å².